The number of aromatic nitrogens is 7. The van der Waals surface area contributed by atoms with E-state index in [0.717, 1.165) is 131 Å². The molecule has 0 radical (unpaired) electrons. The molecule has 0 bridgehead atoms. The number of piperidine rings is 1. The predicted molar refractivity (Wildman–Crippen MR) is 455 cm³/mol. The second-order valence-electron chi connectivity index (χ2n) is 27.7. The van der Waals surface area contributed by atoms with Crippen LogP contribution in [0.3, 0.4) is 0 Å². The number of halogens is 5. The van der Waals surface area contributed by atoms with Gasteiger partial charge in [-0.15, -0.1) is 34.0 Å². The summed E-state index contributed by atoms with van der Waals surface area (Å²) >= 11 is 16.1. The molecule has 3 saturated heterocycles. The lowest BCUT2D eigenvalue weighted by molar-refractivity contribution is 0.0378. The summed E-state index contributed by atoms with van der Waals surface area (Å²) in [5.41, 5.74) is 5.74. The van der Waals surface area contributed by atoms with E-state index in [4.69, 9.17) is 21.1 Å². The van der Waals surface area contributed by atoms with Gasteiger partial charge in [0.1, 0.15) is 71.3 Å². The summed E-state index contributed by atoms with van der Waals surface area (Å²) in [4.78, 5) is 125. The van der Waals surface area contributed by atoms with Gasteiger partial charge in [0, 0.05) is 84.2 Å². The average Bonchev–Trinajstić information content (AvgIpc) is 1.53. The number of piperazine rings is 1. The standard InChI is InChI=1S/C27H25ClN6O3S.C26H24BrFN8O3S.C26H23BrFN7O2S/c1-37-20-10-7-17(28)13-19(20)34-24-21-22(32-27(34)36)23(38-26(21)30-15-29-24)25(35)31-18-8-5-16(6-9-18)14-33-11-3-2-4-12-33;27-15-2-4-18(17(28)12-15)36-23-20-21(34-26(36)38)22(40-25(20)32-14-31-23)24(37)33-16-3-5-19(30-13-16)29-6-1-7-35-8-10-39-11-9-35;1-33-8-10-34(11-9-33)13-15-2-5-17(6-3-15)31-24(36)22-21-20-23(29-14-30-25(20)38-22)35(26(37)32-21)19-7-4-16(27)12-18(19)28/h5-10,13,15H,2-4,11-12,14H2,1H3,(H,31,35)(H,32,36);2-5,12-14H,1,6-11H2,(H,29,30)(H,33,37)(H,34,38);2-7,12,14H,8-11,13H2,1H3,(H,31,36)(H,32,37). The van der Waals surface area contributed by atoms with Gasteiger partial charge in [0.2, 0.25) is 0 Å². The van der Waals surface area contributed by atoms with Crippen LogP contribution in [0.1, 0.15) is 65.8 Å². The fraction of sp³-hybridized carbons (Fsp3) is 0.253. The zero-order valence-corrected chi connectivity index (χ0v) is 68.5. The van der Waals surface area contributed by atoms with Crippen LogP contribution in [0.5, 0.6) is 5.75 Å². The Morgan fingerprint density at radius 1 is 0.517 bits per heavy atom. The zero-order valence-electron chi connectivity index (χ0n) is 62.1. The molecule has 0 saturated carbocycles. The van der Waals surface area contributed by atoms with E-state index >= 15 is 0 Å². The molecule has 6 aliphatic heterocycles. The lowest BCUT2D eigenvalue weighted by Crippen LogP contribution is -2.43. The number of benzene rings is 5. The van der Waals surface area contributed by atoms with Crippen molar-refractivity contribution < 1.29 is 47.0 Å². The molecule has 3 fully saturated rings. The van der Waals surface area contributed by atoms with Gasteiger partial charge in [0.25, 0.3) is 17.7 Å². The summed E-state index contributed by atoms with van der Waals surface area (Å²) < 4.78 is 41.4. The smallest absolute Gasteiger partial charge is 0.332 e. The van der Waals surface area contributed by atoms with Crippen LogP contribution in [0.4, 0.5) is 97.6 Å². The number of urea groups is 3. The fourth-order valence-corrected chi connectivity index (χ4v) is 18.0. The number of amides is 9. The fourth-order valence-electron chi connectivity index (χ4n) is 14.2. The molecule has 0 spiro atoms. The van der Waals surface area contributed by atoms with Crippen molar-refractivity contribution in [1.29, 1.82) is 0 Å². The molecule has 0 atom stereocenters. The summed E-state index contributed by atoms with van der Waals surface area (Å²) in [5.74, 6) is -0.376. The van der Waals surface area contributed by atoms with Crippen LogP contribution in [0, 0.1) is 11.6 Å². The Morgan fingerprint density at radius 2 is 0.966 bits per heavy atom. The number of ether oxygens (including phenoxy) is 2. The third-order valence-electron chi connectivity index (χ3n) is 20.0. The maximum absolute atomic E-state index is 14.8. The van der Waals surface area contributed by atoms with Crippen LogP contribution < -0.4 is 56.7 Å². The average molecular weight is 1770 g/mol. The molecule has 0 aliphatic carbocycles. The van der Waals surface area contributed by atoms with Crippen molar-refractivity contribution in [1.82, 2.24) is 54.5 Å². The number of rotatable bonds is 19. The quantitative estimate of drug-likeness (QED) is 0.0370. The van der Waals surface area contributed by atoms with Crippen molar-refractivity contribution in [2.45, 2.75) is 38.8 Å². The molecule has 18 rings (SSSR count). The van der Waals surface area contributed by atoms with Gasteiger partial charge in [-0.2, -0.15) is 0 Å². The Kier molecular flexibility index (Phi) is 23.7. The van der Waals surface area contributed by atoms with Crippen LogP contribution >= 0.6 is 77.5 Å². The summed E-state index contributed by atoms with van der Waals surface area (Å²) in [6.45, 7) is 13.5. The molecule has 13 heterocycles. The molecule has 37 heteroatoms. The van der Waals surface area contributed by atoms with Crippen LogP contribution in [0.2, 0.25) is 5.02 Å². The molecule has 116 heavy (non-hydrogen) atoms. The van der Waals surface area contributed by atoms with Gasteiger partial charge in [-0.05, 0) is 148 Å². The number of carbonyl (C=O) groups is 6. The maximum Gasteiger partial charge on any atom is 0.332 e. The SMILES string of the molecule is CN1CCN(Cc2ccc(NC(=O)c3sc4ncnc5c4c3NC(=O)N5c3ccc(Br)cc3F)cc2)CC1.COc1ccc(Cl)cc1N1C(=O)Nc2c(C(=O)Nc3ccc(CN4CCCCC4)cc3)sc3ncnc1c23.O=C(Nc1ccc(NCCCN2CCOCC2)nc1)c1sc2ncnc3c2c1NC(=O)N3c1ccc(Br)cc1F. The molecular weight excluding hydrogens is 1700 g/mol. The van der Waals surface area contributed by atoms with E-state index in [9.17, 15) is 37.5 Å². The van der Waals surface area contributed by atoms with E-state index in [0.29, 0.717) is 112 Å². The Balaban J connectivity index is 0.000000131. The monoisotopic (exact) mass is 1770 g/mol. The largest absolute Gasteiger partial charge is 0.495 e. The number of morpholine rings is 1. The summed E-state index contributed by atoms with van der Waals surface area (Å²) in [7, 11) is 3.65. The molecule has 29 nitrogen and oxygen atoms in total. The number of nitrogens with one attached hydrogen (secondary N) is 7. The second kappa shape index (κ2) is 34.9. The van der Waals surface area contributed by atoms with Crippen molar-refractivity contribution in [3.8, 4) is 5.75 Å². The Morgan fingerprint density at radius 3 is 1.41 bits per heavy atom. The van der Waals surface area contributed by atoms with Gasteiger partial charge >= 0.3 is 18.1 Å². The number of likely N-dealkylation sites (tertiary alicyclic amines) is 1. The lowest BCUT2D eigenvalue weighted by atomic mass is 10.1. The lowest BCUT2D eigenvalue weighted by Gasteiger charge is -2.32. The van der Waals surface area contributed by atoms with Gasteiger partial charge in [-0.3, -0.25) is 29.1 Å². The first-order valence-electron chi connectivity index (χ1n) is 37.0. The molecular formula is C79H72Br2ClF2N21O8S3. The van der Waals surface area contributed by atoms with E-state index < -0.39 is 35.6 Å². The van der Waals surface area contributed by atoms with Crippen molar-refractivity contribution in [3.05, 3.63) is 192 Å². The minimum absolute atomic E-state index is 0.0319. The molecule has 9 amide bonds. The van der Waals surface area contributed by atoms with Crippen molar-refractivity contribution >= 4 is 218 Å². The zero-order chi connectivity index (χ0) is 80.3. The van der Waals surface area contributed by atoms with Crippen molar-refractivity contribution in [2.24, 2.45) is 0 Å². The first-order chi connectivity index (χ1) is 56.4. The maximum atomic E-state index is 14.8. The van der Waals surface area contributed by atoms with Crippen LogP contribution in [-0.4, -0.2) is 183 Å². The molecule has 5 aromatic carbocycles. The number of anilines is 13. The van der Waals surface area contributed by atoms with E-state index in [-0.39, 0.29) is 39.7 Å². The Labute approximate surface area is 696 Å². The highest BCUT2D eigenvalue weighted by Gasteiger charge is 2.39. The minimum atomic E-state index is -0.633. The molecule has 6 aliphatic rings. The molecule has 7 aromatic heterocycles. The normalized spacial score (nSPS) is 15.6. The second-order valence-corrected chi connectivity index (χ2v) is 33.0. The van der Waals surface area contributed by atoms with Gasteiger partial charge in [0.05, 0.1) is 82.5 Å². The predicted octanol–water partition coefficient (Wildman–Crippen LogP) is 16.6. The highest BCUT2D eigenvalue weighted by molar-refractivity contribution is 9.10. The van der Waals surface area contributed by atoms with Gasteiger partial charge in [0.15, 0.2) is 17.5 Å². The van der Waals surface area contributed by atoms with Crippen LogP contribution in [-0.2, 0) is 17.8 Å². The summed E-state index contributed by atoms with van der Waals surface area (Å²) in [6.07, 6.45) is 10.3. The summed E-state index contributed by atoms with van der Waals surface area (Å²) in [5, 5.41) is 22.4. The number of thiophene rings is 3. The van der Waals surface area contributed by atoms with Crippen LogP contribution in [0.25, 0.3) is 30.6 Å². The highest BCUT2D eigenvalue weighted by atomic mass is 79.9. The third kappa shape index (κ3) is 17.0. The highest BCUT2D eigenvalue weighted by Crippen LogP contribution is 2.50. The van der Waals surface area contributed by atoms with Crippen molar-refractivity contribution in [3.63, 3.8) is 0 Å². The van der Waals surface area contributed by atoms with Crippen LogP contribution in [0.15, 0.2) is 149 Å². The van der Waals surface area contributed by atoms with E-state index in [1.54, 1.807) is 48.7 Å². The Bertz CT molecular complexity index is 5780. The van der Waals surface area contributed by atoms with Gasteiger partial charge < -0.3 is 51.6 Å². The number of likely N-dealkylation sites (N-methyl/N-ethyl adjacent to an activating group) is 1. The minimum Gasteiger partial charge on any atom is -0.495 e. The van der Waals surface area contributed by atoms with Gasteiger partial charge in [-0.1, -0.05) is 74.1 Å². The summed E-state index contributed by atoms with van der Waals surface area (Å²) in [6, 6.07) is 31.3. The molecule has 7 N–H and O–H groups in total. The molecule has 594 valence electrons. The van der Waals surface area contributed by atoms with Gasteiger partial charge in [-0.25, -0.2) is 72.8 Å². The molecule has 0 unspecified atom stereocenters. The number of methoxy groups -OCH3 is 1. The van der Waals surface area contributed by atoms with E-state index in [1.807, 2.05) is 48.5 Å². The van der Waals surface area contributed by atoms with Crippen molar-refractivity contribution in [2.75, 3.05) is 145 Å². The topological polar surface area (TPSA) is 318 Å². The van der Waals surface area contributed by atoms with E-state index in [1.165, 1.54) is 97.0 Å². The number of carbonyl (C=O) groups excluding carboxylic acids is 6. The number of pyridine rings is 1. The number of hydrogen-bond acceptors (Lipinski definition) is 23. The number of hydrogen-bond donors (Lipinski definition) is 7. The third-order valence-corrected chi connectivity index (χ3v) is 24.5. The first kappa shape index (κ1) is 79.0. The Hall–Kier alpha value is -10.9. The molecule has 12 aromatic rings. The van der Waals surface area contributed by atoms with E-state index in [2.05, 4.69) is 131 Å². The number of nitrogens with zero attached hydrogens (tertiary/aromatic N) is 14. The first-order valence-corrected chi connectivity index (χ1v) is 41.4.